The van der Waals surface area contributed by atoms with E-state index in [1.807, 2.05) is 24.3 Å². The van der Waals surface area contributed by atoms with Gasteiger partial charge >= 0.3 is 0 Å². The zero-order valence-corrected chi connectivity index (χ0v) is 11.5. The molecular formula is C16H16O4. The second-order valence-corrected chi connectivity index (χ2v) is 4.16. The summed E-state index contributed by atoms with van der Waals surface area (Å²) in [7, 11) is 3.18. The first-order chi connectivity index (χ1) is 9.76. The first-order valence-electron chi connectivity index (χ1n) is 6.15. The summed E-state index contributed by atoms with van der Waals surface area (Å²) in [5, 5.41) is 0. The van der Waals surface area contributed by atoms with Crippen molar-refractivity contribution < 1.29 is 19.0 Å². The van der Waals surface area contributed by atoms with Crippen LogP contribution in [0.15, 0.2) is 42.5 Å². The van der Waals surface area contributed by atoms with Crippen LogP contribution in [0.4, 0.5) is 0 Å². The van der Waals surface area contributed by atoms with E-state index in [9.17, 15) is 4.79 Å². The van der Waals surface area contributed by atoms with Gasteiger partial charge in [-0.25, -0.2) is 0 Å². The van der Waals surface area contributed by atoms with Crippen LogP contribution in [0.2, 0.25) is 0 Å². The molecule has 0 aromatic heterocycles. The fourth-order valence-corrected chi connectivity index (χ4v) is 1.76. The molecule has 2 aromatic carbocycles. The highest BCUT2D eigenvalue weighted by Crippen LogP contribution is 2.28. The number of rotatable bonds is 6. The smallest absolute Gasteiger partial charge is 0.161 e. The maximum absolute atomic E-state index is 10.7. The Bertz CT molecular complexity index is 576. The van der Waals surface area contributed by atoms with E-state index in [4.69, 9.17) is 14.2 Å². The van der Waals surface area contributed by atoms with Crippen LogP contribution in [0.25, 0.3) is 0 Å². The maximum atomic E-state index is 10.7. The predicted octanol–water partition coefficient (Wildman–Crippen LogP) is 3.10. The van der Waals surface area contributed by atoms with Crippen molar-refractivity contribution in [1.82, 2.24) is 0 Å². The third-order valence-corrected chi connectivity index (χ3v) is 2.88. The topological polar surface area (TPSA) is 44.8 Å². The molecular weight excluding hydrogens is 256 g/mol. The van der Waals surface area contributed by atoms with Gasteiger partial charge in [0.2, 0.25) is 0 Å². The number of carbonyl (C=O) groups excluding carboxylic acids is 1. The molecule has 104 valence electrons. The van der Waals surface area contributed by atoms with Crippen LogP contribution in [0.3, 0.4) is 0 Å². The molecule has 0 spiro atoms. The molecule has 0 bridgehead atoms. The molecule has 2 rings (SSSR count). The highest BCUT2D eigenvalue weighted by molar-refractivity contribution is 5.76. The molecule has 0 heterocycles. The van der Waals surface area contributed by atoms with Gasteiger partial charge in [-0.3, -0.25) is 4.79 Å². The number of carbonyl (C=O) groups is 1. The van der Waals surface area contributed by atoms with Gasteiger partial charge in [0.25, 0.3) is 0 Å². The quantitative estimate of drug-likeness (QED) is 0.758. The Morgan fingerprint density at radius 3 is 2.30 bits per heavy atom. The van der Waals surface area contributed by atoms with Crippen molar-refractivity contribution in [2.45, 2.75) is 6.61 Å². The van der Waals surface area contributed by atoms with Crippen LogP contribution in [-0.4, -0.2) is 20.5 Å². The summed E-state index contributed by atoms with van der Waals surface area (Å²) in [5.74, 6) is 1.96. The van der Waals surface area contributed by atoms with Crippen LogP contribution < -0.4 is 14.2 Å². The monoisotopic (exact) mass is 272 g/mol. The lowest BCUT2D eigenvalue weighted by atomic mass is 10.2. The van der Waals surface area contributed by atoms with E-state index in [1.54, 1.807) is 32.4 Å². The van der Waals surface area contributed by atoms with Gasteiger partial charge in [-0.15, -0.1) is 0 Å². The third kappa shape index (κ3) is 3.29. The minimum absolute atomic E-state index is 0.417. The van der Waals surface area contributed by atoms with Gasteiger partial charge in [0.15, 0.2) is 11.5 Å². The molecule has 0 fully saturated rings. The van der Waals surface area contributed by atoms with Gasteiger partial charge in [-0.1, -0.05) is 12.1 Å². The minimum Gasteiger partial charge on any atom is -0.497 e. The first-order valence-corrected chi connectivity index (χ1v) is 6.15. The lowest BCUT2D eigenvalue weighted by Gasteiger charge is -2.11. The Kier molecular flexibility index (Phi) is 4.60. The van der Waals surface area contributed by atoms with Crippen molar-refractivity contribution in [3.63, 3.8) is 0 Å². The summed E-state index contributed by atoms with van der Waals surface area (Å²) in [4.78, 5) is 10.7. The summed E-state index contributed by atoms with van der Waals surface area (Å²) in [6.45, 7) is 0.417. The standard InChI is InChI=1S/C16H16O4/c1-18-14-6-3-12(4-7-14)11-20-15-8-5-13(10-17)9-16(15)19-2/h3-10H,11H2,1-2H3. The van der Waals surface area contributed by atoms with Crippen molar-refractivity contribution in [2.24, 2.45) is 0 Å². The number of ether oxygens (including phenoxy) is 3. The second-order valence-electron chi connectivity index (χ2n) is 4.16. The Labute approximate surface area is 117 Å². The van der Waals surface area contributed by atoms with E-state index in [0.717, 1.165) is 17.6 Å². The molecule has 0 saturated carbocycles. The van der Waals surface area contributed by atoms with Crippen molar-refractivity contribution >= 4 is 6.29 Å². The Morgan fingerprint density at radius 1 is 0.950 bits per heavy atom. The molecule has 0 atom stereocenters. The van der Waals surface area contributed by atoms with Gasteiger partial charge in [0.05, 0.1) is 14.2 Å². The number of aldehydes is 1. The van der Waals surface area contributed by atoms with Gasteiger partial charge < -0.3 is 14.2 Å². The average molecular weight is 272 g/mol. The van der Waals surface area contributed by atoms with Crippen molar-refractivity contribution in [2.75, 3.05) is 14.2 Å². The molecule has 4 heteroatoms. The third-order valence-electron chi connectivity index (χ3n) is 2.88. The van der Waals surface area contributed by atoms with E-state index >= 15 is 0 Å². The first kappa shape index (κ1) is 13.9. The van der Waals surface area contributed by atoms with E-state index < -0.39 is 0 Å². The van der Waals surface area contributed by atoms with Crippen molar-refractivity contribution in [3.05, 3.63) is 53.6 Å². The molecule has 0 saturated heterocycles. The van der Waals surface area contributed by atoms with E-state index in [-0.39, 0.29) is 0 Å². The Morgan fingerprint density at radius 2 is 1.70 bits per heavy atom. The minimum atomic E-state index is 0.417. The molecule has 4 nitrogen and oxygen atoms in total. The summed E-state index contributed by atoms with van der Waals surface area (Å²) in [5.41, 5.74) is 1.57. The number of benzene rings is 2. The van der Waals surface area contributed by atoms with Gasteiger partial charge in [0.1, 0.15) is 18.6 Å². The SMILES string of the molecule is COc1ccc(COc2ccc(C=O)cc2OC)cc1. The van der Waals surface area contributed by atoms with E-state index in [2.05, 4.69) is 0 Å². The molecule has 20 heavy (non-hydrogen) atoms. The molecule has 0 aliphatic rings. The number of hydrogen-bond acceptors (Lipinski definition) is 4. The highest BCUT2D eigenvalue weighted by Gasteiger charge is 2.06. The number of hydrogen-bond donors (Lipinski definition) is 0. The summed E-state index contributed by atoms with van der Waals surface area (Å²) < 4.78 is 16.0. The predicted molar refractivity (Wildman–Crippen MR) is 75.7 cm³/mol. The second kappa shape index (κ2) is 6.61. The highest BCUT2D eigenvalue weighted by atomic mass is 16.5. The normalized spacial score (nSPS) is 9.90. The van der Waals surface area contributed by atoms with Crippen LogP contribution in [0.5, 0.6) is 17.2 Å². The average Bonchev–Trinajstić information content (AvgIpc) is 2.53. The zero-order chi connectivity index (χ0) is 14.4. The van der Waals surface area contributed by atoms with Gasteiger partial charge in [-0.2, -0.15) is 0 Å². The van der Waals surface area contributed by atoms with Crippen LogP contribution in [0.1, 0.15) is 15.9 Å². The summed E-state index contributed by atoms with van der Waals surface area (Å²) in [6, 6.07) is 12.7. The molecule has 0 aliphatic heterocycles. The lowest BCUT2D eigenvalue weighted by Crippen LogP contribution is -1.98. The van der Waals surface area contributed by atoms with Crippen LogP contribution in [0, 0.1) is 0 Å². The maximum Gasteiger partial charge on any atom is 0.161 e. The molecule has 0 radical (unpaired) electrons. The van der Waals surface area contributed by atoms with Gasteiger partial charge in [0, 0.05) is 5.56 Å². The lowest BCUT2D eigenvalue weighted by molar-refractivity contribution is 0.112. The zero-order valence-electron chi connectivity index (χ0n) is 11.5. The Balaban J connectivity index is 2.07. The molecule has 0 unspecified atom stereocenters. The fraction of sp³-hybridized carbons (Fsp3) is 0.188. The van der Waals surface area contributed by atoms with E-state index in [0.29, 0.717) is 23.7 Å². The van der Waals surface area contributed by atoms with Gasteiger partial charge in [-0.05, 0) is 35.9 Å². The van der Waals surface area contributed by atoms with E-state index in [1.165, 1.54) is 0 Å². The van der Waals surface area contributed by atoms with Crippen molar-refractivity contribution in [1.29, 1.82) is 0 Å². The molecule has 0 N–H and O–H groups in total. The molecule has 2 aromatic rings. The number of methoxy groups -OCH3 is 2. The van der Waals surface area contributed by atoms with Crippen LogP contribution in [-0.2, 0) is 6.61 Å². The van der Waals surface area contributed by atoms with Crippen molar-refractivity contribution in [3.8, 4) is 17.2 Å². The Hall–Kier alpha value is -2.49. The molecule has 0 aliphatic carbocycles. The molecule has 0 amide bonds. The largest absolute Gasteiger partial charge is 0.497 e. The van der Waals surface area contributed by atoms with Crippen LogP contribution >= 0.6 is 0 Å². The summed E-state index contributed by atoms with van der Waals surface area (Å²) in [6.07, 6.45) is 0.774. The summed E-state index contributed by atoms with van der Waals surface area (Å²) >= 11 is 0. The fourth-order valence-electron chi connectivity index (χ4n) is 1.76.